The quantitative estimate of drug-likeness (QED) is 0.445. The highest BCUT2D eigenvalue weighted by Crippen LogP contribution is 2.33. The van der Waals surface area contributed by atoms with Crippen molar-refractivity contribution in [2.45, 2.75) is 31.5 Å². The van der Waals surface area contributed by atoms with Gasteiger partial charge < -0.3 is 27.7 Å². The van der Waals surface area contributed by atoms with Gasteiger partial charge in [-0.3, -0.25) is 4.57 Å². The number of nitrogen functional groups attached to an aromatic ring is 1. The molecule has 24 heavy (non-hydrogen) atoms. The number of hydrogen-bond donors (Lipinski definition) is 1. The van der Waals surface area contributed by atoms with Crippen LogP contribution in [0.3, 0.4) is 0 Å². The highest BCUT2D eigenvalue weighted by atomic mass is 127. The van der Waals surface area contributed by atoms with E-state index in [1.807, 2.05) is 0 Å². The van der Waals surface area contributed by atoms with Crippen molar-refractivity contribution in [3.63, 3.8) is 0 Å². The first-order valence-electron chi connectivity index (χ1n) is 7.41. The molecule has 1 aromatic heterocycles. The summed E-state index contributed by atoms with van der Waals surface area (Å²) in [5.41, 5.74) is 5.86. The molecule has 2 rings (SSSR count). The number of aromatic nitrogens is 2. The zero-order valence-corrected chi connectivity index (χ0v) is 16.0. The van der Waals surface area contributed by atoms with Crippen molar-refractivity contribution in [1.29, 1.82) is 0 Å². The van der Waals surface area contributed by atoms with Gasteiger partial charge in [-0.15, -0.1) is 0 Å². The van der Waals surface area contributed by atoms with E-state index in [-0.39, 0.29) is 11.9 Å². The van der Waals surface area contributed by atoms with Crippen LogP contribution in [0.5, 0.6) is 0 Å². The van der Waals surface area contributed by atoms with E-state index in [1.165, 1.54) is 4.57 Å². The molecule has 1 fully saturated rings. The van der Waals surface area contributed by atoms with Gasteiger partial charge in [0.1, 0.15) is 47.1 Å². The Kier molecular flexibility index (Phi) is 7.37. The maximum Gasteiger partial charge on any atom is 0.351 e. The second kappa shape index (κ2) is 9.06. The van der Waals surface area contributed by atoms with E-state index in [0.717, 1.165) is 0 Å². The first kappa shape index (κ1) is 19.5. The molecule has 2 unspecified atom stereocenters. The molecule has 2 N–H and O–H groups in total. The molecular formula is C14H22IN3O6. The summed E-state index contributed by atoms with van der Waals surface area (Å²) in [7, 11) is 3.16. The molecule has 10 heteroatoms. The van der Waals surface area contributed by atoms with Gasteiger partial charge in [0.25, 0.3) is 0 Å². The summed E-state index contributed by atoms with van der Waals surface area (Å²) in [4.78, 5) is 16.1. The molecule has 1 aliphatic rings. The van der Waals surface area contributed by atoms with Gasteiger partial charge in [0.2, 0.25) is 0 Å². The van der Waals surface area contributed by atoms with Crippen LogP contribution in [0.15, 0.2) is 11.0 Å². The normalized spacial score (nSPS) is 26.8. The largest absolute Gasteiger partial charge is 0.383 e. The van der Waals surface area contributed by atoms with Gasteiger partial charge in [0.05, 0.1) is 19.8 Å². The number of nitrogens with two attached hydrogens (primary N) is 1. The molecule has 0 bridgehead atoms. The van der Waals surface area contributed by atoms with Gasteiger partial charge in [-0.05, 0) is 6.92 Å². The monoisotopic (exact) mass is 455 g/mol. The third-order valence-electron chi connectivity index (χ3n) is 3.83. The Labute approximate surface area is 154 Å². The Balaban J connectivity index is 2.33. The van der Waals surface area contributed by atoms with E-state index in [9.17, 15) is 4.79 Å². The Bertz CT molecular complexity index is 598. The number of anilines is 1. The number of aryl methyl sites for hydroxylation is 1. The third kappa shape index (κ3) is 4.24. The lowest BCUT2D eigenvalue weighted by molar-refractivity contribution is -0.0841. The topological polar surface area (TPSA) is 107 Å². The molecule has 0 amide bonds. The molecule has 2 heterocycles. The number of methoxy groups -OCH3 is 2. The molecule has 1 saturated heterocycles. The van der Waals surface area contributed by atoms with Crippen LogP contribution in [0.1, 0.15) is 11.8 Å². The number of rotatable bonds is 8. The molecule has 0 aromatic carbocycles. The second-order valence-electron chi connectivity index (χ2n) is 5.37. The predicted molar refractivity (Wildman–Crippen MR) is 93.9 cm³/mol. The lowest BCUT2D eigenvalue weighted by atomic mass is 10.1. The van der Waals surface area contributed by atoms with Crippen LogP contribution in [0, 0.1) is 6.92 Å². The Morgan fingerprint density at radius 2 is 2.12 bits per heavy atom. The van der Waals surface area contributed by atoms with Crippen molar-refractivity contribution in [3.05, 3.63) is 22.2 Å². The predicted octanol–water partition coefficient (Wildman–Crippen LogP) is 0.445. The maximum atomic E-state index is 12.3. The fourth-order valence-electron chi connectivity index (χ4n) is 2.62. The van der Waals surface area contributed by atoms with Gasteiger partial charge in [-0.1, -0.05) is 0 Å². The zero-order valence-electron chi connectivity index (χ0n) is 13.8. The highest BCUT2D eigenvalue weighted by molar-refractivity contribution is 14.1. The molecule has 9 nitrogen and oxygen atoms in total. The van der Waals surface area contributed by atoms with Gasteiger partial charge in [0.15, 0.2) is 6.23 Å². The fraction of sp³-hybridized carbons (Fsp3) is 0.714. The molecule has 0 aliphatic carbocycles. The fourth-order valence-corrected chi connectivity index (χ4v) is 2.97. The molecule has 136 valence electrons. The van der Waals surface area contributed by atoms with E-state index in [4.69, 9.17) is 27.7 Å². The van der Waals surface area contributed by atoms with E-state index in [2.05, 4.69) is 4.98 Å². The van der Waals surface area contributed by atoms with Crippen molar-refractivity contribution >= 4 is 28.8 Å². The van der Waals surface area contributed by atoms with Gasteiger partial charge in [-0.25, -0.2) is 4.79 Å². The minimum atomic E-state index is -0.692. The average Bonchev–Trinajstić information content (AvgIpc) is 2.89. The van der Waals surface area contributed by atoms with Crippen molar-refractivity contribution < 1.29 is 22.0 Å². The highest BCUT2D eigenvalue weighted by Gasteiger charge is 2.47. The van der Waals surface area contributed by atoms with Crippen molar-refractivity contribution in [2.75, 3.05) is 39.8 Å². The van der Waals surface area contributed by atoms with Crippen molar-refractivity contribution in [1.82, 2.24) is 9.55 Å². The smallest absolute Gasteiger partial charge is 0.351 e. The minimum absolute atomic E-state index is 0.196. The van der Waals surface area contributed by atoms with E-state index in [1.54, 1.807) is 50.3 Å². The molecule has 4 atom stereocenters. The third-order valence-corrected chi connectivity index (χ3v) is 4.19. The summed E-state index contributed by atoms with van der Waals surface area (Å²) in [5, 5.41) is 0. The number of ether oxygens (including phenoxy) is 4. The van der Waals surface area contributed by atoms with Crippen molar-refractivity contribution in [2.24, 2.45) is 0 Å². The Morgan fingerprint density at radius 3 is 2.75 bits per heavy atom. The number of nitrogens with zero attached hydrogens (tertiary/aromatic N) is 2. The van der Waals surface area contributed by atoms with Crippen LogP contribution < -0.4 is 11.4 Å². The van der Waals surface area contributed by atoms with Crippen LogP contribution in [0.2, 0.25) is 0 Å². The van der Waals surface area contributed by atoms with Gasteiger partial charge >= 0.3 is 5.69 Å². The lowest BCUT2D eigenvalue weighted by Crippen LogP contribution is -2.40. The molecule has 1 aliphatic heterocycles. The zero-order chi connectivity index (χ0) is 17.7. The number of halogens is 1. The SMILES string of the molecule is COCCOC1C(OC)[C@@H](COI)O[C@H]1n1cc(C)c(N)nc1=O. The van der Waals surface area contributed by atoms with Crippen LogP contribution in [-0.4, -0.2) is 61.9 Å². The lowest BCUT2D eigenvalue weighted by Gasteiger charge is -2.24. The summed E-state index contributed by atoms with van der Waals surface area (Å²) in [6.45, 7) is 2.83. The Morgan fingerprint density at radius 1 is 1.38 bits per heavy atom. The molecule has 0 radical (unpaired) electrons. The summed E-state index contributed by atoms with van der Waals surface area (Å²) >= 11 is 1.79. The minimum Gasteiger partial charge on any atom is -0.383 e. The average molecular weight is 455 g/mol. The van der Waals surface area contributed by atoms with Crippen LogP contribution in [-0.2, 0) is 22.0 Å². The molecule has 1 aromatic rings. The standard InChI is InChI=1S/C14H22IN3O6/c1-8-6-18(14(19)17-12(8)16)13-11(22-5-4-20-2)10(21-3)9(24-13)7-23-15/h6,9-11,13H,4-5,7H2,1-3H3,(H2,16,17,19)/t9-,10?,11?,13-/m1/s1. The van der Waals surface area contributed by atoms with Gasteiger partial charge in [0, 0.05) is 26.0 Å². The van der Waals surface area contributed by atoms with Crippen LogP contribution in [0.25, 0.3) is 0 Å². The second-order valence-corrected chi connectivity index (χ2v) is 5.99. The maximum absolute atomic E-state index is 12.3. The van der Waals surface area contributed by atoms with E-state index in [0.29, 0.717) is 25.4 Å². The van der Waals surface area contributed by atoms with Crippen LogP contribution >= 0.6 is 23.0 Å². The molecule has 0 saturated carbocycles. The Hall–Kier alpha value is -0.790. The first-order valence-corrected chi connectivity index (χ1v) is 8.29. The summed E-state index contributed by atoms with van der Waals surface area (Å²) in [6, 6.07) is 0. The molecular weight excluding hydrogens is 433 g/mol. The number of hydrogen-bond acceptors (Lipinski definition) is 8. The van der Waals surface area contributed by atoms with Crippen molar-refractivity contribution in [3.8, 4) is 0 Å². The summed E-state index contributed by atoms with van der Waals surface area (Å²) in [6.07, 6.45) is -0.366. The van der Waals surface area contributed by atoms with E-state index < -0.39 is 24.1 Å². The first-order chi connectivity index (χ1) is 11.5. The van der Waals surface area contributed by atoms with Crippen LogP contribution in [0.4, 0.5) is 5.82 Å². The summed E-state index contributed by atoms with van der Waals surface area (Å²) < 4.78 is 28.9. The molecule has 0 spiro atoms. The van der Waals surface area contributed by atoms with E-state index >= 15 is 0 Å². The van der Waals surface area contributed by atoms with Gasteiger partial charge in [-0.2, -0.15) is 4.98 Å². The summed E-state index contributed by atoms with van der Waals surface area (Å²) in [5.74, 6) is 0.196.